The quantitative estimate of drug-likeness (QED) is 0.346. The number of rotatable bonds is 7. The summed E-state index contributed by atoms with van der Waals surface area (Å²) in [6.45, 7) is 4.31. The highest BCUT2D eigenvalue weighted by molar-refractivity contribution is 5.65. The second-order valence-electron chi connectivity index (χ2n) is 12.2. The topological polar surface area (TPSA) is 0 Å². The molecule has 0 nitrogen and oxygen atoms in total. The van der Waals surface area contributed by atoms with Crippen molar-refractivity contribution in [3.63, 3.8) is 0 Å². The third kappa shape index (κ3) is 6.24. The molecule has 2 fully saturated rings. The van der Waals surface area contributed by atoms with Gasteiger partial charge in [0, 0.05) is 0 Å². The summed E-state index contributed by atoms with van der Waals surface area (Å²) in [5.41, 5.74) is 7.62. The Hall–Kier alpha value is -2.08. The molecule has 0 N–H and O–H groups in total. The number of aryl methyl sites for hydroxylation is 1. The third-order valence-electron chi connectivity index (χ3n) is 9.96. The van der Waals surface area contributed by atoms with Crippen molar-refractivity contribution in [3.05, 3.63) is 83.5 Å². The van der Waals surface area contributed by atoms with E-state index in [1.807, 2.05) is 0 Å². The van der Waals surface area contributed by atoms with E-state index in [4.69, 9.17) is 0 Å². The SMILES string of the molecule is C/C=C/CCC1CCC(c2ccc(-c3ccc4c(c3)CCC(C3CCC(/C=C/C)CC3)C4)cc2)CC1. The van der Waals surface area contributed by atoms with Gasteiger partial charge in [-0.3, -0.25) is 0 Å². The molecule has 2 saturated carbocycles. The molecule has 3 aliphatic rings. The van der Waals surface area contributed by atoms with E-state index in [2.05, 4.69) is 80.6 Å². The highest BCUT2D eigenvalue weighted by Gasteiger charge is 2.29. The molecule has 0 spiro atoms. The number of allylic oxidation sites excluding steroid dienone is 4. The molecule has 0 heteroatoms. The van der Waals surface area contributed by atoms with Gasteiger partial charge in [0.15, 0.2) is 0 Å². The van der Waals surface area contributed by atoms with Crippen molar-refractivity contribution >= 4 is 0 Å². The fourth-order valence-corrected chi connectivity index (χ4v) is 7.68. The van der Waals surface area contributed by atoms with E-state index in [9.17, 15) is 0 Å². The summed E-state index contributed by atoms with van der Waals surface area (Å²) in [4.78, 5) is 0. The van der Waals surface area contributed by atoms with Crippen molar-refractivity contribution in [2.24, 2.45) is 23.7 Å². The number of fused-ring (bicyclic) bond motifs is 1. The zero-order chi connectivity index (χ0) is 24.7. The first-order valence-electron chi connectivity index (χ1n) is 15.2. The summed E-state index contributed by atoms with van der Waals surface area (Å²) >= 11 is 0. The van der Waals surface area contributed by atoms with Gasteiger partial charge in [0.25, 0.3) is 0 Å². The Morgan fingerprint density at radius 1 is 0.694 bits per heavy atom. The van der Waals surface area contributed by atoms with Crippen LogP contribution in [-0.2, 0) is 12.8 Å². The Bertz CT molecular complexity index is 1010. The molecule has 0 radical (unpaired) electrons. The lowest BCUT2D eigenvalue weighted by atomic mass is 9.69. The van der Waals surface area contributed by atoms with Crippen LogP contribution >= 0.6 is 0 Å². The van der Waals surface area contributed by atoms with Crippen molar-refractivity contribution < 1.29 is 0 Å². The molecule has 1 unspecified atom stereocenters. The van der Waals surface area contributed by atoms with Gasteiger partial charge in [-0.05, 0) is 155 Å². The maximum atomic E-state index is 2.51. The van der Waals surface area contributed by atoms with E-state index in [1.165, 1.54) is 94.6 Å². The van der Waals surface area contributed by atoms with Crippen LogP contribution in [0.1, 0.15) is 107 Å². The van der Waals surface area contributed by atoms with Gasteiger partial charge in [-0.15, -0.1) is 0 Å². The maximum absolute atomic E-state index is 2.51. The van der Waals surface area contributed by atoms with Crippen LogP contribution in [0.15, 0.2) is 66.8 Å². The van der Waals surface area contributed by atoms with Crippen LogP contribution in [0.2, 0.25) is 0 Å². The molecule has 5 rings (SSSR count). The lowest BCUT2D eigenvalue weighted by Gasteiger charge is -2.36. The first-order valence-corrected chi connectivity index (χ1v) is 15.2. The monoisotopic (exact) mass is 480 g/mol. The standard InChI is InChI=1S/C36H48/c1-3-5-6-8-28-11-13-29(14-12-28)30-17-19-32(20-18-30)34-22-24-35-25-33(21-23-36(35)26-34)31-15-9-27(7-4-2)10-16-31/h3-5,7,17-20,22,24,26-29,31,33H,6,8-16,21,23,25H2,1-2H3/b5-3+,7-4+. The second-order valence-corrected chi connectivity index (χ2v) is 12.2. The zero-order valence-electron chi connectivity index (χ0n) is 22.9. The van der Waals surface area contributed by atoms with Gasteiger partial charge < -0.3 is 0 Å². The van der Waals surface area contributed by atoms with Gasteiger partial charge in [0.1, 0.15) is 0 Å². The van der Waals surface area contributed by atoms with Gasteiger partial charge >= 0.3 is 0 Å². The number of benzene rings is 2. The predicted molar refractivity (Wildman–Crippen MR) is 156 cm³/mol. The Kier molecular flexibility index (Phi) is 8.84. The molecule has 0 heterocycles. The lowest BCUT2D eigenvalue weighted by Crippen LogP contribution is -2.26. The highest BCUT2D eigenvalue weighted by atomic mass is 14.3. The van der Waals surface area contributed by atoms with E-state index in [1.54, 1.807) is 16.7 Å². The van der Waals surface area contributed by atoms with Crippen LogP contribution in [0.3, 0.4) is 0 Å². The van der Waals surface area contributed by atoms with Crippen molar-refractivity contribution in [2.75, 3.05) is 0 Å². The van der Waals surface area contributed by atoms with E-state index < -0.39 is 0 Å². The van der Waals surface area contributed by atoms with Gasteiger partial charge in [-0.2, -0.15) is 0 Å². The average molecular weight is 481 g/mol. The summed E-state index contributed by atoms with van der Waals surface area (Å²) in [6, 6.07) is 17.0. The van der Waals surface area contributed by atoms with Crippen LogP contribution in [0.4, 0.5) is 0 Å². The summed E-state index contributed by atoms with van der Waals surface area (Å²) in [5.74, 6) is 4.42. The van der Waals surface area contributed by atoms with E-state index in [0.29, 0.717) is 0 Å². The van der Waals surface area contributed by atoms with Crippen LogP contribution in [0.25, 0.3) is 11.1 Å². The molecule has 2 aromatic rings. The molecule has 36 heavy (non-hydrogen) atoms. The molecule has 192 valence electrons. The van der Waals surface area contributed by atoms with Gasteiger partial charge in [0.2, 0.25) is 0 Å². The molecular formula is C36H48. The molecule has 0 bridgehead atoms. The largest absolute Gasteiger partial charge is 0.0917 e. The molecular weight excluding hydrogens is 432 g/mol. The van der Waals surface area contributed by atoms with Crippen LogP contribution in [0, 0.1) is 23.7 Å². The minimum absolute atomic E-state index is 0.769. The van der Waals surface area contributed by atoms with Crippen LogP contribution in [-0.4, -0.2) is 0 Å². The summed E-state index contributed by atoms with van der Waals surface area (Å²) in [7, 11) is 0. The smallest absolute Gasteiger partial charge is 0.0162 e. The number of hydrogen-bond acceptors (Lipinski definition) is 0. The van der Waals surface area contributed by atoms with Crippen LogP contribution in [0.5, 0.6) is 0 Å². The van der Waals surface area contributed by atoms with Gasteiger partial charge in [0.05, 0.1) is 0 Å². The Balaban J connectivity index is 1.16. The van der Waals surface area contributed by atoms with Crippen molar-refractivity contribution in [1.82, 2.24) is 0 Å². The zero-order valence-corrected chi connectivity index (χ0v) is 22.9. The molecule has 0 saturated heterocycles. The summed E-state index contributed by atoms with van der Waals surface area (Å²) in [5, 5.41) is 0. The average Bonchev–Trinajstić information content (AvgIpc) is 2.94. The fraction of sp³-hybridized carbons (Fsp3) is 0.556. The molecule has 2 aromatic carbocycles. The van der Waals surface area contributed by atoms with Crippen LogP contribution < -0.4 is 0 Å². The maximum Gasteiger partial charge on any atom is -0.0162 e. The second kappa shape index (κ2) is 12.4. The van der Waals surface area contributed by atoms with E-state index in [0.717, 1.165) is 29.6 Å². The van der Waals surface area contributed by atoms with Gasteiger partial charge in [-0.25, -0.2) is 0 Å². The Morgan fingerprint density at radius 3 is 2.17 bits per heavy atom. The Labute approximate surface area is 221 Å². The fourth-order valence-electron chi connectivity index (χ4n) is 7.68. The minimum atomic E-state index is 0.769. The minimum Gasteiger partial charge on any atom is -0.0917 e. The molecule has 0 aliphatic heterocycles. The summed E-state index contributed by atoms with van der Waals surface area (Å²) in [6.07, 6.45) is 27.1. The first-order chi connectivity index (χ1) is 17.7. The molecule has 3 aliphatic carbocycles. The van der Waals surface area contributed by atoms with Crippen molar-refractivity contribution in [3.8, 4) is 11.1 Å². The Morgan fingerprint density at radius 2 is 1.44 bits per heavy atom. The number of hydrogen-bond donors (Lipinski definition) is 0. The third-order valence-corrected chi connectivity index (χ3v) is 9.96. The predicted octanol–water partition coefficient (Wildman–Crippen LogP) is 10.5. The van der Waals surface area contributed by atoms with E-state index >= 15 is 0 Å². The highest BCUT2D eigenvalue weighted by Crippen LogP contribution is 2.41. The lowest BCUT2D eigenvalue weighted by molar-refractivity contribution is 0.206. The molecule has 0 aromatic heterocycles. The van der Waals surface area contributed by atoms with Crippen molar-refractivity contribution in [1.29, 1.82) is 0 Å². The molecule has 0 amide bonds. The first kappa shape index (κ1) is 25.6. The normalized spacial score (nSPS) is 29.0. The summed E-state index contributed by atoms with van der Waals surface area (Å²) < 4.78 is 0. The molecule has 1 atom stereocenters. The van der Waals surface area contributed by atoms with Gasteiger partial charge in [-0.1, -0.05) is 66.8 Å². The van der Waals surface area contributed by atoms with E-state index in [-0.39, 0.29) is 0 Å². The van der Waals surface area contributed by atoms with Crippen molar-refractivity contribution in [2.45, 2.75) is 103 Å².